The van der Waals surface area contributed by atoms with Crippen molar-refractivity contribution in [2.45, 2.75) is 221 Å². The number of Topliss-reactive ketones (excluding diaryl/α,β-unsaturated/α-hetero) is 1. The van der Waals surface area contributed by atoms with Crippen molar-refractivity contribution in [1.29, 1.82) is 0 Å². The average Bonchev–Trinajstić information content (AvgIpc) is 3.04. The molecule has 0 saturated carbocycles. The van der Waals surface area contributed by atoms with E-state index in [0.717, 1.165) is 96.3 Å². The van der Waals surface area contributed by atoms with E-state index < -0.39 is 0 Å². The van der Waals surface area contributed by atoms with Gasteiger partial charge in [0, 0.05) is 56.8 Å². The zero-order valence-corrected chi connectivity index (χ0v) is 34.1. The molecule has 0 bridgehead atoms. The van der Waals surface area contributed by atoms with Crippen LogP contribution in [0.5, 0.6) is 0 Å². The van der Waals surface area contributed by atoms with Gasteiger partial charge in [0.2, 0.25) is 23.6 Å². The molecule has 0 radical (unpaired) electrons. The molecule has 298 valence electrons. The fraction of sp³-hybridized carbons (Fsp3) is 0.881. The van der Waals surface area contributed by atoms with Gasteiger partial charge in [0.25, 0.3) is 0 Å². The second kappa shape index (κ2) is 32.2. The van der Waals surface area contributed by atoms with E-state index in [-0.39, 0.29) is 66.8 Å². The van der Waals surface area contributed by atoms with Crippen LogP contribution in [0, 0.1) is 11.8 Å². The van der Waals surface area contributed by atoms with Gasteiger partial charge < -0.3 is 21.3 Å². The minimum absolute atomic E-state index is 0.0118. The van der Waals surface area contributed by atoms with Crippen LogP contribution in [0.25, 0.3) is 0 Å². The highest BCUT2D eigenvalue weighted by Gasteiger charge is 2.21. The SMILES string of the molecule is CCCCCC(C)CC(=O)NC(CCCCC)CC(=O)NCCCCC(CC(C)=O)NC(=O)CC(CCCCC)NC(=O)CC(C)CCCCC. The molecule has 0 aliphatic heterocycles. The molecule has 4 amide bonds. The number of nitrogens with one attached hydrogen (secondary N) is 4. The van der Waals surface area contributed by atoms with Crippen molar-refractivity contribution < 1.29 is 24.0 Å². The molecule has 0 rings (SSSR count). The van der Waals surface area contributed by atoms with Crippen LogP contribution in [-0.2, 0) is 24.0 Å². The Bertz CT molecular complexity index is 942. The first-order chi connectivity index (χ1) is 24.4. The summed E-state index contributed by atoms with van der Waals surface area (Å²) in [5.41, 5.74) is 0. The molecule has 4 N–H and O–H groups in total. The van der Waals surface area contributed by atoms with Crippen LogP contribution in [0.2, 0.25) is 0 Å². The van der Waals surface area contributed by atoms with E-state index in [1.54, 1.807) is 0 Å². The Morgan fingerprint density at radius 3 is 1.14 bits per heavy atom. The van der Waals surface area contributed by atoms with Crippen molar-refractivity contribution in [3.63, 3.8) is 0 Å². The molecule has 0 aromatic rings. The topological polar surface area (TPSA) is 133 Å². The van der Waals surface area contributed by atoms with Crippen LogP contribution in [0.4, 0.5) is 0 Å². The molecule has 0 spiro atoms. The van der Waals surface area contributed by atoms with Gasteiger partial charge in [-0.1, -0.05) is 131 Å². The number of hydrogen-bond donors (Lipinski definition) is 4. The predicted molar refractivity (Wildman–Crippen MR) is 211 cm³/mol. The highest BCUT2D eigenvalue weighted by Crippen LogP contribution is 2.16. The number of rotatable bonds is 34. The smallest absolute Gasteiger partial charge is 0.222 e. The van der Waals surface area contributed by atoms with Crippen LogP contribution in [-0.4, -0.2) is 54.1 Å². The summed E-state index contributed by atoms with van der Waals surface area (Å²) in [6, 6.07) is -0.657. The van der Waals surface area contributed by atoms with Gasteiger partial charge >= 0.3 is 0 Å². The van der Waals surface area contributed by atoms with E-state index in [2.05, 4.69) is 62.8 Å². The third-order valence-electron chi connectivity index (χ3n) is 9.78. The number of ketones is 1. The quantitative estimate of drug-likeness (QED) is 0.0493. The number of unbranched alkanes of at least 4 members (excludes halogenated alkanes) is 9. The molecule has 0 heterocycles. The molecule has 51 heavy (non-hydrogen) atoms. The molecular weight excluding hydrogens is 640 g/mol. The predicted octanol–water partition coefficient (Wildman–Crippen LogP) is 8.86. The third kappa shape index (κ3) is 29.8. The first-order valence-electron chi connectivity index (χ1n) is 21.1. The lowest BCUT2D eigenvalue weighted by molar-refractivity contribution is -0.126. The maximum Gasteiger partial charge on any atom is 0.222 e. The molecular formula is C42H80N4O5. The highest BCUT2D eigenvalue weighted by molar-refractivity contribution is 5.81. The fourth-order valence-corrected chi connectivity index (χ4v) is 6.75. The summed E-state index contributed by atoms with van der Waals surface area (Å²) < 4.78 is 0. The number of amides is 4. The van der Waals surface area contributed by atoms with Gasteiger partial charge in [-0.3, -0.25) is 24.0 Å². The van der Waals surface area contributed by atoms with Crippen LogP contribution < -0.4 is 21.3 Å². The lowest BCUT2D eigenvalue weighted by Crippen LogP contribution is -2.42. The monoisotopic (exact) mass is 721 g/mol. The molecule has 0 fully saturated rings. The van der Waals surface area contributed by atoms with Gasteiger partial charge in [-0.05, 0) is 50.9 Å². The van der Waals surface area contributed by atoms with E-state index in [4.69, 9.17) is 0 Å². The van der Waals surface area contributed by atoms with E-state index in [1.165, 1.54) is 26.2 Å². The van der Waals surface area contributed by atoms with Gasteiger partial charge in [0.15, 0.2) is 0 Å². The average molecular weight is 721 g/mol. The first kappa shape index (κ1) is 48.5. The van der Waals surface area contributed by atoms with Crippen LogP contribution in [0.3, 0.4) is 0 Å². The first-order valence-corrected chi connectivity index (χ1v) is 21.1. The number of hydrogen-bond acceptors (Lipinski definition) is 5. The van der Waals surface area contributed by atoms with Crippen molar-refractivity contribution in [2.75, 3.05) is 6.54 Å². The Labute approximate surface area is 313 Å². The van der Waals surface area contributed by atoms with E-state index in [9.17, 15) is 24.0 Å². The van der Waals surface area contributed by atoms with Gasteiger partial charge in [-0.2, -0.15) is 0 Å². The number of carbonyl (C=O) groups excluding carboxylic acids is 5. The Morgan fingerprint density at radius 1 is 0.412 bits per heavy atom. The molecule has 0 saturated heterocycles. The maximum absolute atomic E-state index is 13.2. The normalized spacial score (nSPS) is 14.2. The van der Waals surface area contributed by atoms with Gasteiger partial charge in [-0.25, -0.2) is 0 Å². The van der Waals surface area contributed by atoms with Crippen molar-refractivity contribution in [3.8, 4) is 0 Å². The van der Waals surface area contributed by atoms with Crippen molar-refractivity contribution in [1.82, 2.24) is 21.3 Å². The summed E-state index contributed by atoms with van der Waals surface area (Å²) in [6.45, 7) is 14.9. The van der Waals surface area contributed by atoms with Crippen molar-refractivity contribution in [3.05, 3.63) is 0 Å². The second-order valence-corrected chi connectivity index (χ2v) is 15.6. The summed E-state index contributed by atoms with van der Waals surface area (Å²) in [4.78, 5) is 63.7. The van der Waals surface area contributed by atoms with Crippen LogP contribution in [0.15, 0.2) is 0 Å². The summed E-state index contributed by atoms with van der Waals surface area (Å²) in [5, 5.41) is 12.4. The Balaban J connectivity index is 4.90. The lowest BCUT2D eigenvalue weighted by Gasteiger charge is -2.22. The molecule has 9 heteroatoms. The number of carbonyl (C=O) groups is 5. The Morgan fingerprint density at radius 2 is 0.745 bits per heavy atom. The fourth-order valence-electron chi connectivity index (χ4n) is 6.75. The highest BCUT2D eigenvalue weighted by atomic mass is 16.2. The van der Waals surface area contributed by atoms with E-state index in [0.29, 0.717) is 37.6 Å². The largest absolute Gasteiger partial charge is 0.356 e. The minimum atomic E-state index is -0.279. The summed E-state index contributed by atoms with van der Waals surface area (Å²) in [7, 11) is 0. The van der Waals surface area contributed by atoms with E-state index >= 15 is 0 Å². The third-order valence-corrected chi connectivity index (χ3v) is 9.78. The van der Waals surface area contributed by atoms with Crippen LogP contribution >= 0.6 is 0 Å². The summed E-state index contributed by atoms with van der Waals surface area (Å²) in [6.07, 6.45) is 20.7. The van der Waals surface area contributed by atoms with Crippen molar-refractivity contribution in [2.24, 2.45) is 11.8 Å². The van der Waals surface area contributed by atoms with Gasteiger partial charge in [0.1, 0.15) is 5.78 Å². The molecule has 0 aliphatic rings. The lowest BCUT2D eigenvalue weighted by atomic mass is 9.98. The zero-order chi connectivity index (χ0) is 38.3. The van der Waals surface area contributed by atoms with Gasteiger partial charge in [0.05, 0.1) is 0 Å². The maximum atomic E-state index is 13.2. The molecule has 5 atom stereocenters. The Hall–Kier alpha value is -2.45. The summed E-state index contributed by atoms with van der Waals surface area (Å²) >= 11 is 0. The molecule has 5 unspecified atom stereocenters. The molecule has 0 aliphatic carbocycles. The van der Waals surface area contributed by atoms with Gasteiger partial charge in [-0.15, -0.1) is 0 Å². The molecule has 0 aromatic carbocycles. The molecule has 0 aromatic heterocycles. The van der Waals surface area contributed by atoms with E-state index in [1.807, 2.05) is 0 Å². The summed E-state index contributed by atoms with van der Waals surface area (Å²) in [5.74, 6) is 0.520. The Kier molecular flexibility index (Phi) is 30.7. The van der Waals surface area contributed by atoms with Crippen molar-refractivity contribution >= 4 is 29.4 Å². The van der Waals surface area contributed by atoms with Crippen LogP contribution in [0.1, 0.15) is 203 Å². The molecule has 9 nitrogen and oxygen atoms in total. The minimum Gasteiger partial charge on any atom is -0.356 e. The second-order valence-electron chi connectivity index (χ2n) is 15.6. The zero-order valence-electron chi connectivity index (χ0n) is 34.1. The standard InChI is InChI=1S/C42H80N4O5/c1-8-12-16-22-33(5)28-40(49)45-37(24-18-14-10-3)31-39(48)43-27-21-20-26-36(30-35(7)47)44-42(51)32-38(25-19-15-11-4)46-41(50)29-34(6)23-17-13-9-2/h33-34,36-38H,8-32H2,1-7H3,(H,43,48)(H,44,51)(H,45,49)(H,46,50).